The first kappa shape index (κ1) is 19.0. The molecule has 0 aliphatic heterocycles. The van der Waals surface area contributed by atoms with Gasteiger partial charge in [-0.05, 0) is 85.5 Å². The molecule has 3 rings (SSSR count). The molecule has 1 saturated carbocycles. The molecule has 0 bridgehead atoms. The summed E-state index contributed by atoms with van der Waals surface area (Å²) in [5, 5.41) is 10.5. The van der Waals surface area contributed by atoms with Crippen LogP contribution in [0.5, 0.6) is 5.75 Å². The van der Waals surface area contributed by atoms with Gasteiger partial charge in [-0.25, -0.2) is 4.79 Å². The molecule has 1 aromatic carbocycles. The Hall–Kier alpha value is -1.77. The Kier molecular flexibility index (Phi) is 4.94. The fraction of sp³-hybridized carbons (Fsp3) is 0.609. The Morgan fingerprint density at radius 1 is 1.31 bits per heavy atom. The minimum absolute atomic E-state index is 0.0920. The Morgan fingerprint density at radius 2 is 2.04 bits per heavy atom. The zero-order chi connectivity index (χ0) is 19.1. The number of carbonyl (C=O) groups excluding carboxylic acids is 1. The lowest BCUT2D eigenvalue weighted by Crippen LogP contribution is -2.50. The van der Waals surface area contributed by atoms with Gasteiger partial charge in [0.15, 0.2) is 0 Å². The van der Waals surface area contributed by atoms with Crippen molar-refractivity contribution in [3.63, 3.8) is 0 Å². The highest BCUT2D eigenvalue weighted by atomic mass is 16.5. The quantitative estimate of drug-likeness (QED) is 0.573. The van der Waals surface area contributed by atoms with E-state index in [1.54, 1.807) is 12.1 Å². The molecule has 0 amide bonds. The van der Waals surface area contributed by atoms with Gasteiger partial charge < -0.3 is 9.84 Å². The molecule has 1 N–H and O–H groups in total. The fourth-order valence-corrected chi connectivity index (χ4v) is 5.59. The maximum absolute atomic E-state index is 11.9. The zero-order valence-electron chi connectivity index (χ0n) is 16.8. The summed E-state index contributed by atoms with van der Waals surface area (Å²) in [5.74, 6) is 1.09. The van der Waals surface area contributed by atoms with Crippen molar-refractivity contribution in [3.05, 3.63) is 41.0 Å². The summed E-state index contributed by atoms with van der Waals surface area (Å²) in [6.07, 6.45) is 7.99. The van der Waals surface area contributed by atoms with Crippen molar-refractivity contribution in [1.82, 2.24) is 0 Å². The van der Waals surface area contributed by atoms with Crippen molar-refractivity contribution in [2.45, 2.75) is 59.8 Å². The Bertz CT molecular complexity index is 735. The van der Waals surface area contributed by atoms with Gasteiger partial charge in [-0.3, -0.25) is 0 Å². The minimum Gasteiger partial charge on any atom is -0.508 e. The molecular formula is C23H32O3. The molecule has 0 spiro atoms. The van der Waals surface area contributed by atoms with Crippen LogP contribution >= 0.6 is 0 Å². The summed E-state index contributed by atoms with van der Waals surface area (Å²) < 4.78 is 4.86. The van der Waals surface area contributed by atoms with Crippen LogP contribution in [-0.2, 0) is 11.2 Å². The van der Waals surface area contributed by atoms with Gasteiger partial charge in [0.05, 0.1) is 12.7 Å². The summed E-state index contributed by atoms with van der Waals surface area (Å²) in [6.45, 7) is 9.46. The Labute approximate surface area is 157 Å². The van der Waals surface area contributed by atoms with E-state index in [0.29, 0.717) is 17.4 Å². The van der Waals surface area contributed by atoms with E-state index in [9.17, 15) is 9.90 Å². The molecule has 2 aliphatic rings. The smallest absolute Gasteiger partial charge is 0.337 e. The third-order valence-corrected chi connectivity index (χ3v) is 7.67. The first-order chi connectivity index (χ1) is 12.2. The van der Waals surface area contributed by atoms with Gasteiger partial charge >= 0.3 is 5.97 Å². The van der Waals surface area contributed by atoms with Crippen LogP contribution in [0.1, 0.15) is 69.3 Å². The van der Waals surface area contributed by atoms with Crippen LogP contribution in [0.25, 0.3) is 0 Å². The van der Waals surface area contributed by atoms with Crippen LogP contribution in [0.3, 0.4) is 0 Å². The second-order valence-electron chi connectivity index (χ2n) is 8.89. The van der Waals surface area contributed by atoms with E-state index in [4.69, 9.17) is 4.74 Å². The van der Waals surface area contributed by atoms with Gasteiger partial charge in [-0.1, -0.05) is 32.4 Å². The van der Waals surface area contributed by atoms with E-state index < -0.39 is 0 Å². The molecule has 1 fully saturated rings. The van der Waals surface area contributed by atoms with Gasteiger partial charge in [0.25, 0.3) is 0 Å². The van der Waals surface area contributed by atoms with Crippen molar-refractivity contribution in [2.24, 2.45) is 22.7 Å². The van der Waals surface area contributed by atoms with Crippen molar-refractivity contribution in [2.75, 3.05) is 7.11 Å². The van der Waals surface area contributed by atoms with E-state index in [1.165, 1.54) is 31.9 Å². The van der Waals surface area contributed by atoms with Gasteiger partial charge in [0.1, 0.15) is 5.75 Å². The third-order valence-electron chi connectivity index (χ3n) is 7.67. The molecule has 0 aromatic heterocycles. The first-order valence-electron chi connectivity index (χ1n) is 9.80. The number of benzene rings is 1. The average Bonchev–Trinajstić information content (AvgIpc) is 2.62. The summed E-state index contributed by atoms with van der Waals surface area (Å²) in [5.41, 5.74) is 3.23. The van der Waals surface area contributed by atoms with E-state index in [-0.39, 0.29) is 22.5 Å². The second kappa shape index (κ2) is 6.75. The number of phenolic OH excluding ortho intramolecular Hbond substituents is 1. The monoisotopic (exact) mass is 356 g/mol. The number of allylic oxidation sites excluding steroid dienone is 2. The van der Waals surface area contributed by atoms with Crippen molar-refractivity contribution in [1.29, 1.82) is 0 Å². The topological polar surface area (TPSA) is 46.5 Å². The number of hydrogen-bond donors (Lipinski definition) is 1. The number of methoxy groups -OCH3 is 1. The normalized spacial score (nSPS) is 34.0. The number of carbonyl (C=O) groups is 1. The molecule has 0 saturated heterocycles. The number of esters is 1. The lowest BCUT2D eigenvalue weighted by molar-refractivity contribution is -0.0412. The van der Waals surface area contributed by atoms with Crippen LogP contribution in [0.2, 0.25) is 0 Å². The average molecular weight is 357 g/mol. The van der Waals surface area contributed by atoms with Crippen LogP contribution < -0.4 is 0 Å². The number of ether oxygens (including phenoxy) is 1. The van der Waals surface area contributed by atoms with Crippen LogP contribution in [0.15, 0.2) is 29.8 Å². The fourth-order valence-electron chi connectivity index (χ4n) is 5.59. The van der Waals surface area contributed by atoms with Gasteiger partial charge in [0.2, 0.25) is 0 Å². The molecule has 26 heavy (non-hydrogen) atoms. The Balaban J connectivity index is 1.99. The molecule has 2 aliphatic carbocycles. The van der Waals surface area contributed by atoms with Gasteiger partial charge in [-0.2, -0.15) is 0 Å². The molecule has 4 unspecified atom stereocenters. The van der Waals surface area contributed by atoms with E-state index >= 15 is 0 Å². The summed E-state index contributed by atoms with van der Waals surface area (Å²) in [4.78, 5) is 11.9. The second-order valence-corrected chi connectivity index (χ2v) is 8.89. The summed E-state index contributed by atoms with van der Waals surface area (Å²) in [6, 6.07) is 5.08. The number of phenols is 1. The SMILES string of the molecule is COC(=O)c1ccc(O)c(CC2(C)C(C)CCC3(C)C(C)=CCCC32)c1. The van der Waals surface area contributed by atoms with E-state index in [1.807, 2.05) is 6.07 Å². The number of aromatic hydroxyl groups is 1. The van der Waals surface area contributed by atoms with Gasteiger partial charge in [-0.15, -0.1) is 0 Å². The van der Waals surface area contributed by atoms with Crippen molar-refractivity contribution < 1.29 is 14.6 Å². The number of hydrogen-bond acceptors (Lipinski definition) is 3. The lowest BCUT2D eigenvalue weighted by Gasteiger charge is -2.58. The maximum Gasteiger partial charge on any atom is 0.337 e. The van der Waals surface area contributed by atoms with Crippen molar-refractivity contribution >= 4 is 5.97 Å². The van der Waals surface area contributed by atoms with Crippen LogP contribution in [-0.4, -0.2) is 18.2 Å². The molecule has 142 valence electrons. The number of fused-ring (bicyclic) bond motifs is 1. The molecule has 4 atom stereocenters. The molecule has 3 heteroatoms. The van der Waals surface area contributed by atoms with E-state index in [0.717, 1.165) is 18.4 Å². The molecule has 0 radical (unpaired) electrons. The summed E-state index contributed by atoms with van der Waals surface area (Å²) in [7, 11) is 1.39. The molecule has 0 heterocycles. The largest absolute Gasteiger partial charge is 0.508 e. The minimum atomic E-state index is -0.352. The summed E-state index contributed by atoms with van der Waals surface area (Å²) >= 11 is 0. The first-order valence-corrected chi connectivity index (χ1v) is 9.80. The van der Waals surface area contributed by atoms with Crippen LogP contribution in [0.4, 0.5) is 0 Å². The van der Waals surface area contributed by atoms with E-state index in [2.05, 4.69) is 33.8 Å². The maximum atomic E-state index is 11.9. The van der Waals surface area contributed by atoms with Gasteiger partial charge in [0, 0.05) is 0 Å². The third kappa shape index (κ3) is 2.95. The van der Waals surface area contributed by atoms with Crippen molar-refractivity contribution in [3.8, 4) is 5.75 Å². The zero-order valence-corrected chi connectivity index (χ0v) is 16.8. The molecule has 1 aromatic rings. The highest BCUT2D eigenvalue weighted by molar-refractivity contribution is 5.89. The predicted octanol–water partition coefficient (Wildman–Crippen LogP) is 5.52. The standard InChI is InChI=1S/C23H32O3/c1-15-7-6-8-20-22(15,3)12-11-16(2)23(20,4)14-18-13-17(21(25)26-5)9-10-19(18)24/h7,9-10,13,16,20,24H,6,8,11-12,14H2,1-5H3. The Morgan fingerprint density at radius 3 is 2.73 bits per heavy atom. The number of rotatable bonds is 3. The molecule has 3 nitrogen and oxygen atoms in total. The predicted molar refractivity (Wildman–Crippen MR) is 104 cm³/mol. The van der Waals surface area contributed by atoms with Crippen LogP contribution in [0, 0.1) is 22.7 Å². The molecular weight excluding hydrogens is 324 g/mol. The lowest BCUT2D eigenvalue weighted by atomic mass is 9.47. The highest BCUT2D eigenvalue weighted by Crippen LogP contribution is 2.61. The highest BCUT2D eigenvalue weighted by Gasteiger charge is 2.53.